The van der Waals surface area contributed by atoms with Crippen LogP contribution in [0.15, 0.2) is 41.8 Å². The van der Waals surface area contributed by atoms with Crippen LogP contribution in [0.3, 0.4) is 0 Å². The van der Waals surface area contributed by atoms with Crippen molar-refractivity contribution >= 4 is 40.0 Å². The molecule has 1 aromatic carbocycles. The molecule has 1 saturated carbocycles. The van der Waals surface area contributed by atoms with E-state index in [4.69, 9.17) is 0 Å². The molecule has 1 saturated heterocycles. The summed E-state index contributed by atoms with van der Waals surface area (Å²) in [6, 6.07) is 9.48. The van der Waals surface area contributed by atoms with Crippen molar-refractivity contribution in [3.8, 4) is 0 Å². The maximum atomic E-state index is 12.7. The monoisotopic (exact) mass is 409 g/mol. The zero-order chi connectivity index (χ0) is 20.2. The number of amides is 2. The first-order chi connectivity index (χ1) is 14.1. The Labute approximate surface area is 176 Å². The summed E-state index contributed by atoms with van der Waals surface area (Å²) in [6.07, 6.45) is 9.76. The number of likely N-dealkylation sites (tertiary alicyclic amines) is 1. The fourth-order valence-electron chi connectivity index (χ4n) is 4.52. The van der Waals surface area contributed by atoms with Crippen LogP contribution in [-0.2, 0) is 9.59 Å². The lowest BCUT2D eigenvalue weighted by Crippen LogP contribution is -2.44. The number of rotatable bonds is 4. The van der Waals surface area contributed by atoms with E-state index >= 15 is 0 Å². The number of piperidine rings is 1. The van der Waals surface area contributed by atoms with E-state index in [1.807, 2.05) is 40.6 Å². The van der Waals surface area contributed by atoms with E-state index in [-0.39, 0.29) is 11.8 Å². The van der Waals surface area contributed by atoms with Gasteiger partial charge in [0.15, 0.2) is 5.13 Å². The number of fused-ring (bicyclic) bond motifs is 1. The van der Waals surface area contributed by atoms with E-state index in [9.17, 15) is 9.59 Å². The van der Waals surface area contributed by atoms with Crippen molar-refractivity contribution in [1.82, 2.24) is 9.88 Å². The van der Waals surface area contributed by atoms with Crippen LogP contribution in [0.2, 0.25) is 0 Å². The van der Waals surface area contributed by atoms with Crippen LogP contribution in [0.1, 0.15) is 44.7 Å². The summed E-state index contributed by atoms with van der Waals surface area (Å²) in [5.74, 6) is 1.46. The molecule has 0 radical (unpaired) electrons. The first-order valence-electron chi connectivity index (χ1n) is 10.4. The second-order valence-corrected chi connectivity index (χ2v) is 8.79. The highest BCUT2D eigenvalue weighted by Gasteiger charge is 2.32. The largest absolute Gasteiger partial charge is 0.339 e. The van der Waals surface area contributed by atoms with Gasteiger partial charge in [-0.2, -0.15) is 0 Å². The topological polar surface area (TPSA) is 53.5 Å². The number of anilines is 2. The van der Waals surface area contributed by atoms with Crippen molar-refractivity contribution in [1.29, 1.82) is 0 Å². The maximum Gasteiger partial charge on any atom is 0.246 e. The molecule has 1 aromatic heterocycles. The number of aromatic nitrogens is 1. The average Bonchev–Trinajstić information content (AvgIpc) is 3.20. The minimum atomic E-state index is -0.0903. The van der Waals surface area contributed by atoms with Crippen LogP contribution >= 0.6 is 11.3 Å². The lowest BCUT2D eigenvalue weighted by Gasteiger charge is -2.41. The van der Waals surface area contributed by atoms with Gasteiger partial charge in [-0.3, -0.25) is 14.5 Å². The Balaban J connectivity index is 1.42. The Bertz CT molecular complexity index is 893. The minimum Gasteiger partial charge on any atom is -0.339 e. The number of carbonyl (C=O) groups excluding carboxylic acids is 2. The van der Waals surface area contributed by atoms with E-state index in [0.29, 0.717) is 16.7 Å². The molecule has 6 heteroatoms. The Morgan fingerprint density at radius 1 is 1.14 bits per heavy atom. The van der Waals surface area contributed by atoms with Gasteiger partial charge >= 0.3 is 0 Å². The van der Waals surface area contributed by atoms with Crippen molar-refractivity contribution in [2.75, 3.05) is 18.0 Å². The van der Waals surface area contributed by atoms with Gasteiger partial charge in [0.1, 0.15) is 0 Å². The fraction of sp³-hybridized carbons (Fsp3) is 0.435. The van der Waals surface area contributed by atoms with Crippen LogP contribution < -0.4 is 4.90 Å². The number of para-hydroxylation sites is 1. The van der Waals surface area contributed by atoms with Gasteiger partial charge in [0, 0.05) is 31.5 Å². The van der Waals surface area contributed by atoms with Gasteiger partial charge in [-0.25, -0.2) is 4.98 Å². The number of carbonyl (C=O) groups is 2. The number of benzene rings is 1. The van der Waals surface area contributed by atoms with Gasteiger partial charge in [0.2, 0.25) is 11.8 Å². The van der Waals surface area contributed by atoms with Gasteiger partial charge in [-0.05, 0) is 42.9 Å². The highest BCUT2D eigenvalue weighted by molar-refractivity contribution is 7.14. The highest BCUT2D eigenvalue weighted by atomic mass is 32.1. The van der Waals surface area contributed by atoms with E-state index in [1.54, 1.807) is 17.1 Å². The lowest BCUT2D eigenvalue weighted by atomic mass is 9.75. The second-order valence-electron chi connectivity index (χ2n) is 7.96. The molecular weight excluding hydrogens is 382 g/mol. The van der Waals surface area contributed by atoms with Crippen molar-refractivity contribution in [3.05, 3.63) is 47.5 Å². The van der Waals surface area contributed by atoms with Crippen LogP contribution in [0.5, 0.6) is 0 Å². The second kappa shape index (κ2) is 8.91. The summed E-state index contributed by atoms with van der Waals surface area (Å²) < 4.78 is 0. The normalized spacial score (nSPS) is 21.8. The van der Waals surface area contributed by atoms with E-state index in [1.165, 1.54) is 43.9 Å². The summed E-state index contributed by atoms with van der Waals surface area (Å²) >= 11 is 1.40. The van der Waals surface area contributed by atoms with Crippen LogP contribution in [0, 0.1) is 11.8 Å². The number of hydrogen-bond acceptors (Lipinski definition) is 4. The smallest absolute Gasteiger partial charge is 0.246 e. The molecular formula is C23H27N3O2S. The summed E-state index contributed by atoms with van der Waals surface area (Å²) in [5.41, 5.74) is 1.49. The molecule has 2 amide bonds. The predicted molar refractivity (Wildman–Crippen MR) is 117 cm³/mol. The molecule has 0 spiro atoms. The third kappa shape index (κ3) is 4.58. The Hall–Kier alpha value is -2.47. The molecule has 2 atom stereocenters. The molecule has 5 nitrogen and oxygen atoms in total. The number of nitrogens with zero attached hydrogens (tertiary/aromatic N) is 3. The minimum absolute atomic E-state index is 0.0649. The van der Waals surface area contributed by atoms with Crippen LogP contribution in [-0.4, -0.2) is 34.8 Å². The molecule has 0 N–H and O–H groups in total. The standard InChI is InChI=1S/C23H27N3O2S/c1-17(27)26(21-9-3-2-4-10-21)23-24-20(16-29-23)11-12-22(28)25-14-13-18-7-5-6-8-19(18)15-25/h2-4,9-12,16,18-19H,5-8,13-15H2,1H3/b12-11+/t18-,19-/m1/s1. The Kier molecular flexibility index (Phi) is 6.09. The SMILES string of the molecule is CC(=O)N(c1ccccc1)c1nc(/C=C/C(=O)N2CC[C@H]3CCCC[C@@H]3C2)cs1. The van der Waals surface area contributed by atoms with Crippen molar-refractivity contribution in [2.45, 2.75) is 39.0 Å². The summed E-state index contributed by atoms with van der Waals surface area (Å²) in [4.78, 5) is 33.0. The molecule has 2 fully saturated rings. The Morgan fingerprint density at radius 2 is 1.90 bits per heavy atom. The van der Waals surface area contributed by atoms with Gasteiger partial charge in [0.05, 0.1) is 11.4 Å². The first kappa shape index (κ1) is 19.8. The van der Waals surface area contributed by atoms with E-state index < -0.39 is 0 Å². The molecule has 29 heavy (non-hydrogen) atoms. The molecule has 0 unspecified atom stereocenters. The molecule has 152 valence electrons. The molecule has 2 heterocycles. The Morgan fingerprint density at radius 3 is 2.66 bits per heavy atom. The van der Waals surface area contributed by atoms with Crippen molar-refractivity contribution in [2.24, 2.45) is 11.8 Å². The molecule has 4 rings (SSSR count). The summed E-state index contributed by atoms with van der Waals surface area (Å²) in [6.45, 7) is 3.28. The van der Waals surface area contributed by atoms with Crippen LogP contribution in [0.4, 0.5) is 10.8 Å². The van der Waals surface area contributed by atoms with Gasteiger partial charge in [-0.1, -0.05) is 37.5 Å². The van der Waals surface area contributed by atoms with Crippen molar-refractivity contribution < 1.29 is 9.59 Å². The third-order valence-corrected chi connectivity index (χ3v) is 6.87. The van der Waals surface area contributed by atoms with Gasteiger partial charge in [-0.15, -0.1) is 11.3 Å². The maximum absolute atomic E-state index is 12.7. The van der Waals surface area contributed by atoms with E-state index in [0.717, 1.165) is 31.1 Å². The average molecular weight is 410 g/mol. The van der Waals surface area contributed by atoms with Gasteiger partial charge < -0.3 is 4.90 Å². The first-order valence-corrected chi connectivity index (χ1v) is 11.3. The van der Waals surface area contributed by atoms with E-state index in [2.05, 4.69) is 4.98 Å². The highest BCUT2D eigenvalue weighted by Crippen LogP contribution is 2.36. The lowest BCUT2D eigenvalue weighted by molar-refractivity contribution is -0.129. The molecule has 1 aliphatic carbocycles. The molecule has 1 aliphatic heterocycles. The van der Waals surface area contributed by atoms with Gasteiger partial charge in [0.25, 0.3) is 0 Å². The fourth-order valence-corrected chi connectivity index (χ4v) is 5.38. The molecule has 0 bridgehead atoms. The zero-order valence-electron chi connectivity index (χ0n) is 16.8. The predicted octanol–water partition coefficient (Wildman–Crippen LogP) is 4.88. The number of thiazole rings is 1. The quantitative estimate of drug-likeness (QED) is 0.676. The van der Waals surface area contributed by atoms with Crippen molar-refractivity contribution in [3.63, 3.8) is 0 Å². The zero-order valence-corrected chi connectivity index (χ0v) is 17.6. The number of hydrogen-bond donors (Lipinski definition) is 0. The summed E-state index contributed by atoms with van der Waals surface area (Å²) in [7, 11) is 0. The van der Waals surface area contributed by atoms with Crippen LogP contribution in [0.25, 0.3) is 6.08 Å². The molecule has 2 aliphatic rings. The summed E-state index contributed by atoms with van der Waals surface area (Å²) in [5, 5.41) is 2.49. The molecule has 2 aromatic rings. The third-order valence-electron chi connectivity index (χ3n) is 6.03.